The summed E-state index contributed by atoms with van der Waals surface area (Å²) in [6.45, 7) is 2.26. The molecule has 3 rings (SSSR count). The summed E-state index contributed by atoms with van der Waals surface area (Å²) in [5.74, 6) is 1.06. The molecule has 0 saturated heterocycles. The Morgan fingerprint density at radius 3 is 2.70 bits per heavy atom. The number of carbonyl (C=O) groups is 1. The number of tetrazole rings is 1. The summed E-state index contributed by atoms with van der Waals surface area (Å²) in [6.07, 6.45) is 2.81. The minimum absolute atomic E-state index is 0.0394. The molecule has 1 aromatic carbocycles. The van der Waals surface area contributed by atoms with Crippen molar-refractivity contribution in [3.63, 3.8) is 0 Å². The molecule has 23 heavy (non-hydrogen) atoms. The minimum Gasteiger partial charge on any atom is -0.350 e. The first-order valence-corrected chi connectivity index (χ1v) is 7.98. The number of nitrogens with two attached hydrogens (primary N) is 1. The molecule has 1 heterocycles. The van der Waals surface area contributed by atoms with Crippen molar-refractivity contribution in [3.8, 4) is 0 Å². The maximum absolute atomic E-state index is 12.8. The van der Waals surface area contributed by atoms with Gasteiger partial charge >= 0.3 is 0 Å². The van der Waals surface area contributed by atoms with Crippen LogP contribution < -0.4 is 11.1 Å². The highest BCUT2D eigenvalue weighted by atomic mass is 16.2. The first-order valence-electron chi connectivity index (χ1n) is 7.98. The normalized spacial score (nSPS) is 16.8. The molecule has 2 atom stereocenters. The second kappa shape index (κ2) is 6.87. The number of nitrogens with one attached hydrogen (secondary N) is 1. The Labute approximate surface area is 135 Å². The number of nitrogens with zero attached hydrogens (tertiary/aromatic N) is 4. The Morgan fingerprint density at radius 2 is 2.13 bits per heavy atom. The third-order valence-corrected chi connectivity index (χ3v) is 4.30. The number of hydrogen-bond donors (Lipinski definition) is 2. The molecule has 7 heteroatoms. The second-order valence-corrected chi connectivity index (χ2v) is 6.06. The van der Waals surface area contributed by atoms with Gasteiger partial charge in [-0.25, -0.2) is 4.68 Å². The van der Waals surface area contributed by atoms with Crippen LogP contribution >= 0.6 is 0 Å². The van der Waals surface area contributed by atoms with Gasteiger partial charge in [-0.05, 0) is 41.7 Å². The van der Waals surface area contributed by atoms with Gasteiger partial charge in [0.05, 0.1) is 0 Å². The summed E-state index contributed by atoms with van der Waals surface area (Å²) in [4.78, 5) is 12.8. The molecular formula is C16H22N6O. The average Bonchev–Trinajstić information content (AvgIpc) is 3.33. The highest BCUT2D eigenvalue weighted by Gasteiger charge is 2.33. The van der Waals surface area contributed by atoms with Crippen molar-refractivity contribution in [1.29, 1.82) is 0 Å². The van der Waals surface area contributed by atoms with Crippen molar-refractivity contribution in [2.24, 2.45) is 11.7 Å². The number of hydrogen-bond acceptors (Lipinski definition) is 5. The van der Waals surface area contributed by atoms with E-state index < -0.39 is 6.04 Å². The van der Waals surface area contributed by atoms with Crippen LogP contribution in [0.1, 0.15) is 30.3 Å². The molecular weight excluding hydrogens is 292 g/mol. The van der Waals surface area contributed by atoms with Crippen LogP contribution in [0.25, 0.3) is 0 Å². The summed E-state index contributed by atoms with van der Waals surface area (Å²) < 4.78 is 1.59. The number of aromatic nitrogens is 4. The van der Waals surface area contributed by atoms with Crippen LogP contribution in [0.2, 0.25) is 0 Å². The Kier molecular flexibility index (Phi) is 4.66. The smallest absolute Gasteiger partial charge is 0.245 e. The number of aryl methyl sites for hydroxylation is 1. The van der Waals surface area contributed by atoms with Crippen LogP contribution in [0.3, 0.4) is 0 Å². The van der Waals surface area contributed by atoms with Crippen molar-refractivity contribution in [2.75, 3.05) is 6.54 Å². The van der Waals surface area contributed by atoms with Gasteiger partial charge in [0.2, 0.25) is 5.91 Å². The van der Waals surface area contributed by atoms with Gasteiger partial charge in [0.25, 0.3) is 0 Å². The third-order valence-electron chi connectivity index (χ3n) is 4.30. The van der Waals surface area contributed by atoms with E-state index in [1.54, 1.807) is 11.6 Å². The first kappa shape index (κ1) is 15.6. The molecule has 1 aliphatic rings. The molecule has 1 aromatic heterocycles. The zero-order chi connectivity index (χ0) is 16.2. The third kappa shape index (κ3) is 3.73. The molecule has 0 aliphatic heterocycles. The van der Waals surface area contributed by atoms with Crippen molar-refractivity contribution < 1.29 is 4.79 Å². The molecule has 3 N–H and O–H groups in total. The summed E-state index contributed by atoms with van der Waals surface area (Å²) in [7, 11) is 0. The maximum Gasteiger partial charge on any atom is 0.245 e. The van der Waals surface area contributed by atoms with Gasteiger partial charge in [0.15, 0.2) is 0 Å². The van der Waals surface area contributed by atoms with E-state index in [-0.39, 0.29) is 11.9 Å². The summed E-state index contributed by atoms with van der Waals surface area (Å²) in [5, 5.41) is 14.7. The largest absolute Gasteiger partial charge is 0.350 e. The van der Waals surface area contributed by atoms with Crippen LogP contribution in [0.4, 0.5) is 0 Å². The monoisotopic (exact) mass is 314 g/mol. The van der Waals surface area contributed by atoms with Gasteiger partial charge in [0, 0.05) is 19.0 Å². The number of benzene rings is 1. The predicted octanol–water partition coefficient (Wildman–Crippen LogP) is 0.619. The number of rotatable bonds is 7. The van der Waals surface area contributed by atoms with Crippen molar-refractivity contribution in [3.05, 3.63) is 41.7 Å². The minimum atomic E-state index is -0.472. The lowest BCUT2D eigenvalue weighted by Gasteiger charge is -2.22. The molecule has 1 aliphatic carbocycles. The van der Waals surface area contributed by atoms with Gasteiger partial charge in [-0.15, -0.1) is 5.10 Å². The fourth-order valence-corrected chi connectivity index (χ4v) is 2.80. The van der Waals surface area contributed by atoms with E-state index >= 15 is 0 Å². The maximum atomic E-state index is 12.8. The van der Waals surface area contributed by atoms with Crippen LogP contribution in [0, 0.1) is 12.8 Å². The van der Waals surface area contributed by atoms with E-state index in [4.69, 9.17) is 5.73 Å². The lowest BCUT2D eigenvalue weighted by molar-refractivity contribution is -0.125. The van der Waals surface area contributed by atoms with Gasteiger partial charge in [0.1, 0.15) is 11.9 Å². The SMILES string of the molecule is Cc1nnnn1C(Cc1ccccc1)C(=O)NC(CN)C1CC1. The molecule has 7 nitrogen and oxygen atoms in total. The van der Waals surface area contributed by atoms with Gasteiger partial charge < -0.3 is 11.1 Å². The van der Waals surface area contributed by atoms with Gasteiger partial charge in [-0.2, -0.15) is 0 Å². The number of carbonyl (C=O) groups excluding carboxylic acids is 1. The molecule has 122 valence electrons. The van der Waals surface area contributed by atoms with Crippen LogP contribution in [0.5, 0.6) is 0 Å². The molecule has 0 spiro atoms. The van der Waals surface area contributed by atoms with Gasteiger partial charge in [-0.3, -0.25) is 4.79 Å². The molecule has 2 aromatic rings. The van der Waals surface area contributed by atoms with E-state index in [1.807, 2.05) is 30.3 Å². The Balaban J connectivity index is 1.79. The molecule has 0 bridgehead atoms. The Bertz CT molecular complexity index is 652. The first-order chi connectivity index (χ1) is 11.2. The highest BCUT2D eigenvalue weighted by Crippen LogP contribution is 2.32. The van der Waals surface area contributed by atoms with E-state index in [2.05, 4.69) is 20.8 Å². The predicted molar refractivity (Wildman–Crippen MR) is 85.4 cm³/mol. The van der Waals surface area contributed by atoms with E-state index in [0.717, 1.165) is 18.4 Å². The highest BCUT2D eigenvalue weighted by molar-refractivity contribution is 5.81. The Hall–Kier alpha value is -2.28. The quantitative estimate of drug-likeness (QED) is 0.780. The fraction of sp³-hybridized carbons (Fsp3) is 0.500. The molecule has 2 unspecified atom stereocenters. The van der Waals surface area contributed by atoms with Crippen LogP contribution in [0.15, 0.2) is 30.3 Å². The summed E-state index contributed by atoms with van der Waals surface area (Å²) in [5.41, 5.74) is 6.87. The van der Waals surface area contributed by atoms with Crippen molar-refractivity contribution >= 4 is 5.91 Å². The zero-order valence-electron chi connectivity index (χ0n) is 13.2. The van der Waals surface area contributed by atoms with E-state index in [9.17, 15) is 4.79 Å². The Morgan fingerprint density at radius 1 is 1.39 bits per heavy atom. The number of amides is 1. The molecule has 1 fully saturated rings. The van der Waals surface area contributed by atoms with Gasteiger partial charge in [-0.1, -0.05) is 30.3 Å². The fourth-order valence-electron chi connectivity index (χ4n) is 2.80. The molecule has 1 saturated carbocycles. The standard InChI is InChI=1S/C16H22N6O/c1-11-19-20-21-22(11)15(9-12-5-3-2-4-6-12)16(23)18-14(10-17)13-7-8-13/h2-6,13-15H,7-10,17H2,1H3,(H,18,23). The lowest BCUT2D eigenvalue weighted by Crippen LogP contribution is -2.45. The average molecular weight is 314 g/mol. The molecule has 1 amide bonds. The second-order valence-electron chi connectivity index (χ2n) is 6.06. The van der Waals surface area contributed by atoms with Crippen LogP contribution in [-0.2, 0) is 11.2 Å². The van der Waals surface area contributed by atoms with E-state index in [1.165, 1.54) is 0 Å². The van der Waals surface area contributed by atoms with Crippen LogP contribution in [-0.4, -0.2) is 38.7 Å². The van der Waals surface area contributed by atoms with E-state index in [0.29, 0.717) is 24.7 Å². The van der Waals surface area contributed by atoms with Crippen molar-refractivity contribution in [1.82, 2.24) is 25.5 Å². The zero-order valence-corrected chi connectivity index (χ0v) is 13.2. The molecule has 0 radical (unpaired) electrons. The summed E-state index contributed by atoms with van der Waals surface area (Å²) >= 11 is 0. The summed E-state index contributed by atoms with van der Waals surface area (Å²) in [6, 6.07) is 9.45. The lowest BCUT2D eigenvalue weighted by atomic mass is 10.0. The topological polar surface area (TPSA) is 98.7 Å². The van der Waals surface area contributed by atoms with Crippen molar-refractivity contribution in [2.45, 2.75) is 38.3 Å².